The van der Waals surface area contributed by atoms with Crippen molar-refractivity contribution in [1.29, 1.82) is 0 Å². The van der Waals surface area contributed by atoms with Gasteiger partial charge in [-0.25, -0.2) is 14.6 Å². The molecular formula is C11H12N2O4. The van der Waals surface area contributed by atoms with Crippen LogP contribution in [0.4, 0.5) is 10.6 Å². The molecule has 1 rings (SSSR count). The molecule has 0 aromatic carbocycles. The van der Waals surface area contributed by atoms with Crippen molar-refractivity contribution in [3.63, 3.8) is 0 Å². The van der Waals surface area contributed by atoms with E-state index >= 15 is 0 Å². The summed E-state index contributed by atoms with van der Waals surface area (Å²) in [5, 5.41) is 8.94. The number of aromatic carboxylic acids is 1. The molecule has 6 nitrogen and oxygen atoms in total. The van der Waals surface area contributed by atoms with Crippen LogP contribution in [0, 0.1) is 0 Å². The number of carbonyl (C=O) groups is 2. The Labute approximate surface area is 98.1 Å². The molecular weight excluding hydrogens is 224 g/mol. The van der Waals surface area contributed by atoms with Crippen LogP contribution in [-0.4, -0.2) is 35.8 Å². The molecule has 1 aromatic rings. The molecule has 0 saturated carbocycles. The zero-order valence-electron chi connectivity index (χ0n) is 9.29. The Balaban J connectivity index is 2.95. The molecule has 0 aliphatic rings. The van der Waals surface area contributed by atoms with Crippen LogP contribution >= 0.6 is 0 Å². The summed E-state index contributed by atoms with van der Waals surface area (Å²) < 4.78 is 4.78. The first kappa shape index (κ1) is 12.7. The third-order valence-electron chi connectivity index (χ3n) is 1.93. The highest BCUT2D eigenvalue weighted by Crippen LogP contribution is 2.16. The zero-order chi connectivity index (χ0) is 12.8. The quantitative estimate of drug-likeness (QED) is 0.802. The molecule has 6 heteroatoms. The maximum atomic E-state index is 11.5. The van der Waals surface area contributed by atoms with Crippen LogP contribution in [0.2, 0.25) is 0 Å². The van der Waals surface area contributed by atoms with Gasteiger partial charge >= 0.3 is 12.1 Å². The first-order valence-electron chi connectivity index (χ1n) is 4.77. The Kier molecular flexibility index (Phi) is 4.21. The molecule has 1 aromatic heterocycles. The first-order chi connectivity index (χ1) is 8.07. The number of anilines is 1. The maximum absolute atomic E-state index is 11.5. The van der Waals surface area contributed by atoms with Gasteiger partial charge in [0.05, 0.1) is 0 Å². The number of amides is 1. The second-order valence-corrected chi connectivity index (χ2v) is 3.10. The Morgan fingerprint density at radius 2 is 2.35 bits per heavy atom. The average Bonchev–Trinajstić information content (AvgIpc) is 2.34. The molecule has 1 heterocycles. The fourth-order valence-corrected chi connectivity index (χ4v) is 1.14. The van der Waals surface area contributed by atoms with Crippen molar-refractivity contribution in [1.82, 2.24) is 4.98 Å². The second-order valence-electron chi connectivity index (χ2n) is 3.10. The minimum atomic E-state index is -1.16. The Morgan fingerprint density at radius 1 is 1.65 bits per heavy atom. The first-order valence-corrected chi connectivity index (χ1v) is 4.77. The number of carboxylic acid groups (broad SMARTS) is 1. The zero-order valence-corrected chi connectivity index (χ0v) is 9.29. The molecule has 17 heavy (non-hydrogen) atoms. The van der Waals surface area contributed by atoms with Crippen molar-refractivity contribution in [3.8, 4) is 0 Å². The van der Waals surface area contributed by atoms with Crippen molar-refractivity contribution < 1.29 is 19.4 Å². The van der Waals surface area contributed by atoms with E-state index in [1.165, 1.54) is 31.5 Å². The molecule has 0 aliphatic heterocycles. The van der Waals surface area contributed by atoms with E-state index in [1.807, 2.05) is 0 Å². The summed E-state index contributed by atoms with van der Waals surface area (Å²) in [6.07, 6.45) is 2.13. The molecule has 90 valence electrons. The highest BCUT2D eigenvalue weighted by atomic mass is 16.6. The number of carboxylic acids is 1. The number of rotatable bonds is 4. The maximum Gasteiger partial charge on any atom is 0.415 e. The Morgan fingerprint density at radius 3 is 2.94 bits per heavy atom. The summed E-state index contributed by atoms with van der Waals surface area (Å²) in [4.78, 5) is 27.3. The van der Waals surface area contributed by atoms with Crippen LogP contribution in [-0.2, 0) is 4.74 Å². The lowest BCUT2D eigenvalue weighted by Crippen LogP contribution is -2.29. The topological polar surface area (TPSA) is 79.7 Å². The Bertz CT molecular complexity index is 445. The summed E-state index contributed by atoms with van der Waals surface area (Å²) in [5.74, 6) is -1.12. The molecule has 0 saturated heterocycles. The van der Waals surface area contributed by atoms with Gasteiger partial charge in [0.15, 0.2) is 5.82 Å². The summed E-state index contributed by atoms with van der Waals surface area (Å²) in [6.45, 7) is 3.46. The van der Waals surface area contributed by atoms with Crippen molar-refractivity contribution >= 4 is 17.9 Å². The minimum absolute atomic E-state index is 0.0362. The van der Waals surface area contributed by atoms with Crippen LogP contribution in [0.1, 0.15) is 10.4 Å². The molecule has 0 unspecified atom stereocenters. The third kappa shape index (κ3) is 3.04. The van der Waals surface area contributed by atoms with Crippen molar-refractivity contribution in [2.24, 2.45) is 0 Å². The SMILES string of the molecule is C=CCOC(=O)N(C)c1ncccc1C(=O)O. The number of pyridine rings is 1. The van der Waals surface area contributed by atoms with Gasteiger partial charge in [0.2, 0.25) is 0 Å². The average molecular weight is 236 g/mol. The van der Waals surface area contributed by atoms with Crippen LogP contribution in [0.5, 0.6) is 0 Å². The van der Waals surface area contributed by atoms with Crippen LogP contribution < -0.4 is 4.90 Å². The molecule has 0 atom stereocenters. The molecule has 0 spiro atoms. The van der Waals surface area contributed by atoms with E-state index in [2.05, 4.69) is 11.6 Å². The lowest BCUT2D eigenvalue weighted by atomic mass is 10.2. The van der Waals surface area contributed by atoms with Gasteiger partial charge in [-0.2, -0.15) is 0 Å². The molecule has 0 aliphatic carbocycles. The Hall–Kier alpha value is -2.37. The number of hydrogen-bond donors (Lipinski definition) is 1. The van der Waals surface area contributed by atoms with Crippen LogP contribution in [0.25, 0.3) is 0 Å². The number of nitrogens with zero attached hydrogens (tertiary/aromatic N) is 2. The molecule has 1 N–H and O–H groups in total. The van der Waals surface area contributed by atoms with E-state index in [1.54, 1.807) is 0 Å². The third-order valence-corrected chi connectivity index (χ3v) is 1.93. The largest absolute Gasteiger partial charge is 0.478 e. The van der Waals surface area contributed by atoms with Crippen molar-refractivity contribution in [2.75, 3.05) is 18.6 Å². The highest BCUT2D eigenvalue weighted by Gasteiger charge is 2.19. The van der Waals surface area contributed by atoms with E-state index in [0.717, 1.165) is 4.90 Å². The van der Waals surface area contributed by atoms with Gasteiger partial charge in [0.1, 0.15) is 12.2 Å². The summed E-state index contributed by atoms with van der Waals surface area (Å²) in [6, 6.07) is 2.85. The van der Waals surface area contributed by atoms with E-state index in [4.69, 9.17) is 9.84 Å². The normalized spacial score (nSPS) is 9.47. The monoisotopic (exact) mass is 236 g/mol. The highest BCUT2D eigenvalue weighted by molar-refractivity contribution is 5.98. The van der Waals surface area contributed by atoms with E-state index in [-0.39, 0.29) is 18.0 Å². The number of hydrogen-bond acceptors (Lipinski definition) is 4. The smallest absolute Gasteiger partial charge is 0.415 e. The van der Waals surface area contributed by atoms with Gasteiger partial charge in [0, 0.05) is 13.2 Å². The molecule has 0 radical (unpaired) electrons. The van der Waals surface area contributed by atoms with Gasteiger partial charge < -0.3 is 9.84 Å². The lowest BCUT2D eigenvalue weighted by Gasteiger charge is -2.16. The van der Waals surface area contributed by atoms with Gasteiger partial charge in [-0.05, 0) is 12.1 Å². The fourth-order valence-electron chi connectivity index (χ4n) is 1.14. The number of aromatic nitrogens is 1. The lowest BCUT2D eigenvalue weighted by molar-refractivity contribution is 0.0697. The van der Waals surface area contributed by atoms with Crippen LogP contribution in [0.15, 0.2) is 31.0 Å². The standard InChI is InChI=1S/C11H12N2O4/c1-3-7-17-11(16)13(2)9-8(10(14)15)5-4-6-12-9/h3-6H,1,7H2,2H3,(H,14,15). The molecule has 0 fully saturated rings. The fraction of sp³-hybridized carbons (Fsp3) is 0.182. The summed E-state index contributed by atoms with van der Waals surface area (Å²) in [7, 11) is 1.39. The molecule has 1 amide bonds. The van der Waals surface area contributed by atoms with Gasteiger partial charge in [0.25, 0.3) is 0 Å². The summed E-state index contributed by atoms with van der Waals surface area (Å²) >= 11 is 0. The minimum Gasteiger partial charge on any atom is -0.478 e. The van der Waals surface area contributed by atoms with E-state index in [9.17, 15) is 9.59 Å². The van der Waals surface area contributed by atoms with E-state index in [0.29, 0.717) is 0 Å². The second kappa shape index (κ2) is 5.64. The van der Waals surface area contributed by atoms with Gasteiger partial charge in [-0.1, -0.05) is 12.7 Å². The summed E-state index contributed by atoms with van der Waals surface area (Å²) in [5.41, 5.74) is -0.0643. The molecule has 0 bridgehead atoms. The van der Waals surface area contributed by atoms with Gasteiger partial charge in [-0.15, -0.1) is 0 Å². The predicted octanol–water partition coefficient (Wildman–Crippen LogP) is 1.54. The van der Waals surface area contributed by atoms with E-state index < -0.39 is 12.1 Å². The van der Waals surface area contributed by atoms with Gasteiger partial charge in [-0.3, -0.25) is 4.90 Å². The van der Waals surface area contributed by atoms with Crippen molar-refractivity contribution in [2.45, 2.75) is 0 Å². The van der Waals surface area contributed by atoms with Crippen molar-refractivity contribution in [3.05, 3.63) is 36.5 Å². The van der Waals surface area contributed by atoms with Crippen LogP contribution in [0.3, 0.4) is 0 Å². The number of carbonyl (C=O) groups excluding carboxylic acids is 1. The number of ether oxygens (including phenoxy) is 1. The predicted molar refractivity (Wildman–Crippen MR) is 61.1 cm³/mol.